The number of nitrogens with one attached hydrogen (secondary N) is 1. The highest BCUT2D eigenvalue weighted by Crippen LogP contribution is 2.22. The number of benzene rings is 1. The van der Waals surface area contributed by atoms with Gasteiger partial charge in [0.15, 0.2) is 0 Å². The molecule has 0 aliphatic carbocycles. The molecule has 0 saturated carbocycles. The molecule has 20 heavy (non-hydrogen) atoms. The van der Waals surface area contributed by atoms with Crippen LogP contribution in [0.5, 0.6) is 0 Å². The van der Waals surface area contributed by atoms with Crippen molar-refractivity contribution >= 4 is 5.95 Å². The first kappa shape index (κ1) is 14.6. The molecule has 2 rings (SSSR count). The molecule has 0 saturated heterocycles. The average molecular weight is 273 g/mol. The highest BCUT2D eigenvalue weighted by atomic mass is 16.5. The largest absolute Gasteiger partial charge is 0.383 e. The van der Waals surface area contributed by atoms with E-state index in [4.69, 9.17) is 4.74 Å². The topological polar surface area (TPSA) is 39.1 Å². The van der Waals surface area contributed by atoms with Crippen LogP contribution in [0.4, 0.5) is 5.95 Å². The van der Waals surface area contributed by atoms with Crippen LogP contribution in [-0.2, 0) is 4.74 Å². The molecular weight excluding hydrogens is 250 g/mol. The number of imidazole rings is 1. The number of aryl methyl sites for hydroxylation is 1. The Balaban J connectivity index is 2.15. The second-order valence-electron chi connectivity index (χ2n) is 5.19. The normalized spacial score (nSPS) is 14.0. The lowest BCUT2D eigenvalue weighted by Crippen LogP contribution is -2.16. The molecule has 2 atom stereocenters. The van der Waals surface area contributed by atoms with Crippen molar-refractivity contribution < 1.29 is 4.74 Å². The molecule has 108 valence electrons. The first-order valence-corrected chi connectivity index (χ1v) is 6.97. The summed E-state index contributed by atoms with van der Waals surface area (Å²) >= 11 is 0. The van der Waals surface area contributed by atoms with Gasteiger partial charge in [-0.25, -0.2) is 4.98 Å². The predicted octanol–water partition coefficient (Wildman–Crippen LogP) is 3.57. The molecule has 2 unspecified atom stereocenters. The molecule has 0 radical (unpaired) electrons. The molecule has 4 heteroatoms. The first-order valence-electron chi connectivity index (χ1n) is 6.97. The molecular formula is C16H23N3O. The van der Waals surface area contributed by atoms with E-state index in [1.807, 2.05) is 12.4 Å². The van der Waals surface area contributed by atoms with E-state index >= 15 is 0 Å². The lowest BCUT2D eigenvalue weighted by molar-refractivity contribution is 0.163. The van der Waals surface area contributed by atoms with E-state index < -0.39 is 0 Å². The van der Waals surface area contributed by atoms with Gasteiger partial charge in [0, 0.05) is 19.5 Å². The van der Waals surface area contributed by atoms with Gasteiger partial charge in [0.25, 0.3) is 0 Å². The van der Waals surface area contributed by atoms with Crippen LogP contribution in [0.15, 0.2) is 36.7 Å². The first-order chi connectivity index (χ1) is 9.63. The van der Waals surface area contributed by atoms with Crippen LogP contribution in [0, 0.1) is 6.92 Å². The van der Waals surface area contributed by atoms with Crippen LogP contribution in [0.1, 0.15) is 37.1 Å². The molecule has 0 fully saturated rings. The van der Waals surface area contributed by atoms with Crippen LogP contribution in [0.2, 0.25) is 0 Å². The SMILES string of the molecule is COCC(C)n1ccnc1NC(C)c1ccccc1C. The zero-order chi connectivity index (χ0) is 14.5. The minimum atomic E-state index is 0.215. The number of aromatic nitrogens is 2. The van der Waals surface area contributed by atoms with Crippen molar-refractivity contribution in [2.45, 2.75) is 32.9 Å². The number of hydrogen-bond donors (Lipinski definition) is 1. The summed E-state index contributed by atoms with van der Waals surface area (Å²) in [6, 6.07) is 8.89. The van der Waals surface area contributed by atoms with Gasteiger partial charge in [-0.2, -0.15) is 0 Å². The molecule has 0 aliphatic heterocycles. The Kier molecular flexibility index (Phi) is 4.79. The van der Waals surface area contributed by atoms with Crippen molar-refractivity contribution in [3.63, 3.8) is 0 Å². The third-order valence-electron chi connectivity index (χ3n) is 3.55. The van der Waals surface area contributed by atoms with E-state index in [-0.39, 0.29) is 12.1 Å². The fourth-order valence-electron chi connectivity index (χ4n) is 2.45. The van der Waals surface area contributed by atoms with E-state index in [0.29, 0.717) is 6.61 Å². The minimum Gasteiger partial charge on any atom is -0.383 e. The lowest BCUT2D eigenvalue weighted by Gasteiger charge is -2.20. The fourth-order valence-corrected chi connectivity index (χ4v) is 2.45. The Morgan fingerprint density at radius 2 is 2.05 bits per heavy atom. The summed E-state index contributed by atoms with van der Waals surface area (Å²) in [6.45, 7) is 7.08. The van der Waals surface area contributed by atoms with Crippen molar-refractivity contribution in [3.05, 3.63) is 47.8 Å². The van der Waals surface area contributed by atoms with Gasteiger partial charge < -0.3 is 14.6 Å². The third-order valence-corrected chi connectivity index (χ3v) is 3.55. The maximum atomic E-state index is 5.21. The average Bonchev–Trinajstić information content (AvgIpc) is 2.87. The van der Waals surface area contributed by atoms with Gasteiger partial charge in [0.1, 0.15) is 0 Å². The Labute approximate surface area is 120 Å². The lowest BCUT2D eigenvalue weighted by atomic mass is 10.0. The van der Waals surface area contributed by atoms with Gasteiger partial charge in [0.05, 0.1) is 18.7 Å². The molecule has 4 nitrogen and oxygen atoms in total. The summed E-state index contributed by atoms with van der Waals surface area (Å²) in [5.74, 6) is 0.880. The summed E-state index contributed by atoms with van der Waals surface area (Å²) < 4.78 is 7.32. The van der Waals surface area contributed by atoms with E-state index in [0.717, 1.165) is 5.95 Å². The molecule has 0 spiro atoms. The van der Waals surface area contributed by atoms with Gasteiger partial charge >= 0.3 is 0 Å². The van der Waals surface area contributed by atoms with Crippen LogP contribution in [-0.4, -0.2) is 23.3 Å². The van der Waals surface area contributed by atoms with Gasteiger partial charge in [-0.1, -0.05) is 24.3 Å². The summed E-state index contributed by atoms with van der Waals surface area (Å²) in [4.78, 5) is 4.41. The summed E-state index contributed by atoms with van der Waals surface area (Å²) in [5.41, 5.74) is 2.58. The summed E-state index contributed by atoms with van der Waals surface area (Å²) in [7, 11) is 1.72. The Morgan fingerprint density at radius 3 is 2.75 bits per heavy atom. The van der Waals surface area contributed by atoms with Gasteiger partial charge in [-0.05, 0) is 31.9 Å². The number of anilines is 1. The summed E-state index contributed by atoms with van der Waals surface area (Å²) in [5, 5.41) is 3.48. The third kappa shape index (κ3) is 3.20. The molecule has 2 aromatic rings. The number of methoxy groups -OCH3 is 1. The number of rotatable bonds is 6. The Morgan fingerprint density at radius 1 is 1.30 bits per heavy atom. The van der Waals surface area contributed by atoms with E-state index in [1.54, 1.807) is 7.11 Å². The van der Waals surface area contributed by atoms with E-state index in [2.05, 4.69) is 59.9 Å². The van der Waals surface area contributed by atoms with Crippen LogP contribution in [0.3, 0.4) is 0 Å². The predicted molar refractivity (Wildman–Crippen MR) is 82.0 cm³/mol. The minimum absolute atomic E-state index is 0.215. The van der Waals surface area contributed by atoms with Crippen LogP contribution < -0.4 is 5.32 Å². The second-order valence-corrected chi connectivity index (χ2v) is 5.19. The molecule has 1 aromatic carbocycles. The molecule has 0 aliphatic rings. The zero-order valence-corrected chi connectivity index (χ0v) is 12.6. The van der Waals surface area contributed by atoms with Gasteiger partial charge in [0.2, 0.25) is 5.95 Å². The Bertz CT molecular complexity index is 550. The van der Waals surface area contributed by atoms with Crippen LogP contribution >= 0.6 is 0 Å². The quantitative estimate of drug-likeness (QED) is 0.874. The van der Waals surface area contributed by atoms with Crippen molar-refractivity contribution in [1.82, 2.24) is 9.55 Å². The highest BCUT2D eigenvalue weighted by molar-refractivity contribution is 5.36. The number of nitrogens with zero attached hydrogens (tertiary/aromatic N) is 2. The monoisotopic (exact) mass is 273 g/mol. The standard InChI is InChI=1S/C16H23N3O/c1-12-7-5-6-8-15(12)14(3)18-16-17-9-10-19(16)13(2)11-20-4/h5-10,13-14H,11H2,1-4H3,(H,17,18). The van der Waals surface area contributed by atoms with Gasteiger partial charge in [-0.15, -0.1) is 0 Å². The molecule has 1 aromatic heterocycles. The smallest absolute Gasteiger partial charge is 0.203 e. The second kappa shape index (κ2) is 6.57. The van der Waals surface area contributed by atoms with Crippen LogP contribution in [0.25, 0.3) is 0 Å². The fraction of sp³-hybridized carbons (Fsp3) is 0.438. The van der Waals surface area contributed by atoms with E-state index in [9.17, 15) is 0 Å². The molecule has 0 bridgehead atoms. The molecule has 1 N–H and O–H groups in total. The maximum Gasteiger partial charge on any atom is 0.203 e. The summed E-state index contributed by atoms with van der Waals surface area (Å²) in [6.07, 6.45) is 3.80. The van der Waals surface area contributed by atoms with Crippen molar-refractivity contribution in [2.75, 3.05) is 19.0 Å². The number of hydrogen-bond acceptors (Lipinski definition) is 3. The molecule has 0 amide bonds. The number of ether oxygens (including phenoxy) is 1. The zero-order valence-electron chi connectivity index (χ0n) is 12.6. The van der Waals surface area contributed by atoms with Gasteiger partial charge in [-0.3, -0.25) is 0 Å². The van der Waals surface area contributed by atoms with Crippen molar-refractivity contribution in [1.29, 1.82) is 0 Å². The van der Waals surface area contributed by atoms with E-state index in [1.165, 1.54) is 11.1 Å². The molecule has 1 heterocycles. The van der Waals surface area contributed by atoms with Crippen molar-refractivity contribution in [2.24, 2.45) is 0 Å². The highest BCUT2D eigenvalue weighted by Gasteiger charge is 2.13. The van der Waals surface area contributed by atoms with Crippen molar-refractivity contribution in [3.8, 4) is 0 Å². The maximum absolute atomic E-state index is 5.21. The Hall–Kier alpha value is -1.81.